The van der Waals surface area contributed by atoms with E-state index in [-0.39, 0.29) is 0 Å². The quantitative estimate of drug-likeness (QED) is 0.679. The molecule has 0 aliphatic carbocycles. The predicted octanol–water partition coefficient (Wildman–Crippen LogP) is 0.576. The Morgan fingerprint density at radius 2 is 1.93 bits per heavy atom. The SMILES string of the molecule is COC(=O)C(C#N)NC(=O)OC(C)(C)C. The van der Waals surface area contributed by atoms with Crippen LogP contribution in [0, 0.1) is 11.3 Å². The Hall–Kier alpha value is -1.77. The number of carbonyl (C=O) groups excluding carboxylic acids is 2. The van der Waals surface area contributed by atoms with Crippen LogP contribution in [0.1, 0.15) is 20.8 Å². The maximum absolute atomic E-state index is 11.2. The van der Waals surface area contributed by atoms with Crippen LogP contribution in [0.25, 0.3) is 0 Å². The summed E-state index contributed by atoms with van der Waals surface area (Å²) in [6, 6.07) is 0.240. The van der Waals surface area contributed by atoms with Gasteiger partial charge in [0.15, 0.2) is 0 Å². The number of carbonyl (C=O) groups is 2. The first-order valence-electron chi connectivity index (χ1n) is 4.27. The lowest BCUT2D eigenvalue weighted by molar-refractivity contribution is -0.141. The largest absolute Gasteiger partial charge is 0.467 e. The Morgan fingerprint density at radius 1 is 1.40 bits per heavy atom. The summed E-state index contributed by atoms with van der Waals surface area (Å²) in [6.45, 7) is 5.02. The van der Waals surface area contributed by atoms with E-state index in [0.717, 1.165) is 7.11 Å². The first-order valence-corrected chi connectivity index (χ1v) is 4.27. The minimum Gasteiger partial charge on any atom is -0.467 e. The summed E-state index contributed by atoms with van der Waals surface area (Å²) in [5.41, 5.74) is -0.680. The fraction of sp³-hybridized carbons (Fsp3) is 0.667. The highest BCUT2D eigenvalue weighted by Crippen LogP contribution is 2.06. The van der Waals surface area contributed by atoms with Crippen molar-refractivity contribution in [1.82, 2.24) is 5.32 Å². The Kier molecular flexibility index (Phi) is 4.58. The molecule has 0 aromatic rings. The molecule has 6 heteroatoms. The average Bonchev–Trinajstić information content (AvgIpc) is 2.10. The van der Waals surface area contributed by atoms with Gasteiger partial charge in [-0.3, -0.25) is 5.32 Å². The topological polar surface area (TPSA) is 88.4 Å². The first-order chi connectivity index (χ1) is 6.80. The summed E-state index contributed by atoms with van der Waals surface area (Å²) in [4.78, 5) is 22.1. The van der Waals surface area contributed by atoms with Crippen molar-refractivity contribution < 1.29 is 19.1 Å². The average molecular weight is 214 g/mol. The highest BCUT2D eigenvalue weighted by Gasteiger charge is 2.24. The molecule has 1 atom stereocenters. The van der Waals surface area contributed by atoms with E-state index in [4.69, 9.17) is 10.00 Å². The molecule has 0 saturated carbocycles. The maximum atomic E-state index is 11.2. The minimum absolute atomic E-state index is 0.680. The third kappa shape index (κ3) is 5.52. The second-order valence-corrected chi connectivity index (χ2v) is 3.73. The minimum atomic E-state index is -1.34. The van der Waals surface area contributed by atoms with Crippen LogP contribution in [0.4, 0.5) is 4.79 Å². The van der Waals surface area contributed by atoms with Gasteiger partial charge in [-0.2, -0.15) is 5.26 Å². The van der Waals surface area contributed by atoms with Gasteiger partial charge in [0.05, 0.1) is 13.2 Å². The van der Waals surface area contributed by atoms with Crippen LogP contribution in [0.3, 0.4) is 0 Å². The molecule has 1 amide bonds. The lowest BCUT2D eigenvalue weighted by Crippen LogP contribution is -2.43. The van der Waals surface area contributed by atoms with Crippen molar-refractivity contribution in [3.8, 4) is 6.07 Å². The fourth-order valence-corrected chi connectivity index (χ4v) is 0.687. The number of ether oxygens (including phenoxy) is 2. The lowest BCUT2D eigenvalue weighted by atomic mass is 10.2. The van der Waals surface area contributed by atoms with E-state index in [9.17, 15) is 9.59 Å². The Morgan fingerprint density at radius 3 is 2.27 bits per heavy atom. The summed E-state index contributed by atoms with van der Waals surface area (Å²) in [5, 5.41) is 10.6. The second-order valence-electron chi connectivity index (χ2n) is 3.73. The molecule has 0 aliphatic heterocycles. The molecule has 0 saturated heterocycles. The highest BCUT2D eigenvalue weighted by atomic mass is 16.6. The molecule has 84 valence electrons. The number of methoxy groups -OCH3 is 1. The van der Waals surface area contributed by atoms with E-state index < -0.39 is 23.7 Å². The lowest BCUT2D eigenvalue weighted by Gasteiger charge is -2.20. The summed E-state index contributed by atoms with van der Waals surface area (Å²) in [6.07, 6.45) is -0.834. The number of nitrogens with one attached hydrogen (secondary N) is 1. The van der Waals surface area contributed by atoms with E-state index in [2.05, 4.69) is 10.1 Å². The van der Waals surface area contributed by atoms with Gasteiger partial charge in [-0.15, -0.1) is 0 Å². The van der Waals surface area contributed by atoms with Gasteiger partial charge in [0, 0.05) is 0 Å². The zero-order valence-electron chi connectivity index (χ0n) is 9.16. The van der Waals surface area contributed by atoms with Gasteiger partial charge in [0.25, 0.3) is 0 Å². The fourth-order valence-electron chi connectivity index (χ4n) is 0.687. The van der Waals surface area contributed by atoms with Crippen molar-refractivity contribution in [1.29, 1.82) is 5.26 Å². The molecule has 0 heterocycles. The Balaban J connectivity index is 4.28. The standard InChI is InChI=1S/C9H14N2O4/c1-9(2,3)15-8(13)11-6(5-10)7(12)14-4/h6H,1-4H3,(H,11,13). The van der Waals surface area contributed by atoms with E-state index in [0.29, 0.717) is 0 Å². The van der Waals surface area contributed by atoms with E-state index in [1.807, 2.05) is 0 Å². The summed E-state index contributed by atoms with van der Waals surface area (Å²) in [7, 11) is 1.13. The molecule has 0 fully saturated rings. The van der Waals surface area contributed by atoms with Gasteiger partial charge < -0.3 is 9.47 Å². The molecule has 0 aliphatic rings. The molecule has 1 N–H and O–H groups in total. The van der Waals surface area contributed by atoms with Crippen LogP contribution < -0.4 is 5.32 Å². The van der Waals surface area contributed by atoms with Crippen molar-refractivity contribution in [3.05, 3.63) is 0 Å². The number of rotatable bonds is 2. The number of alkyl carbamates (subject to hydrolysis) is 1. The van der Waals surface area contributed by atoms with Crippen molar-refractivity contribution in [2.45, 2.75) is 32.4 Å². The second kappa shape index (κ2) is 5.20. The molecule has 1 unspecified atom stereocenters. The molecule has 15 heavy (non-hydrogen) atoms. The van der Waals surface area contributed by atoms with Crippen LogP contribution in [0.5, 0.6) is 0 Å². The first kappa shape index (κ1) is 13.2. The zero-order chi connectivity index (χ0) is 12.1. The molecule has 0 aromatic carbocycles. The number of nitriles is 1. The summed E-state index contributed by atoms with van der Waals surface area (Å²) < 4.78 is 9.16. The molecule has 0 bridgehead atoms. The molecule has 0 radical (unpaired) electrons. The van der Waals surface area contributed by atoms with Crippen molar-refractivity contribution in [3.63, 3.8) is 0 Å². The highest BCUT2D eigenvalue weighted by molar-refractivity contribution is 5.83. The smallest absolute Gasteiger partial charge is 0.409 e. The number of amides is 1. The number of nitrogens with zero attached hydrogens (tertiary/aromatic N) is 1. The number of hydrogen-bond acceptors (Lipinski definition) is 5. The Labute approximate surface area is 88.2 Å². The van der Waals surface area contributed by atoms with Crippen LogP contribution in [-0.2, 0) is 14.3 Å². The Bertz CT molecular complexity index is 287. The van der Waals surface area contributed by atoms with Gasteiger partial charge in [0.2, 0.25) is 6.04 Å². The summed E-state index contributed by atoms with van der Waals surface area (Å²) in [5.74, 6) is -0.830. The van der Waals surface area contributed by atoms with E-state index in [1.54, 1.807) is 26.8 Å². The third-order valence-corrected chi connectivity index (χ3v) is 1.23. The van der Waals surface area contributed by atoms with Crippen LogP contribution in [0.2, 0.25) is 0 Å². The van der Waals surface area contributed by atoms with Crippen LogP contribution in [-0.4, -0.2) is 30.8 Å². The summed E-state index contributed by atoms with van der Waals surface area (Å²) >= 11 is 0. The molecule has 0 rings (SSSR count). The number of hydrogen-bond donors (Lipinski definition) is 1. The molecule has 0 aromatic heterocycles. The van der Waals surface area contributed by atoms with Crippen molar-refractivity contribution in [2.24, 2.45) is 0 Å². The molecular formula is C9H14N2O4. The van der Waals surface area contributed by atoms with E-state index >= 15 is 0 Å². The van der Waals surface area contributed by atoms with Crippen LogP contribution in [0.15, 0.2) is 0 Å². The molecule has 6 nitrogen and oxygen atoms in total. The van der Waals surface area contributed by atoms with Crippen molar-refractivity contribution in [2.75, 3.05) is 7.11 Å². The molecular weight excluding hydrogens is 200 g/mol. The van der Waals surface area contributed by atoms with Crippen molar-refractivity contribution >= 4 is 12.1 Å². The van der Waals surface area contributed by atoms with Crippen LogP contribution >= 0.6 is 0 Å². The van der Waals surface area contributed by atoms with Gasteiger partial charge in [0.1, 0.15) is 5.60 Å². The van der Waals surface area contributed by atoms with Gasteiger partial charge in [-0.25, -0.2) is 9.59 Å². The van der Waals surface area contributed by atoms with E-state index in [1.165, 1.54) is 0 Å². The van der Waals surface area contributed by atoms with Gasteiger partial charge >= 0.3 is 12.1 Å². The maximum Gasteiger partial charge on any atom is 0.409 e. The monoisotopic (exact) mass is 214 g/mol. The molecule has 0 spiro atoms. The predicted molar refractivity (Wildman–Crippen MR) is 50.8 cm³/mol. The zero-order valence-corrected chi connectivity index (χ0v) is 9.16. The third-order valence-electron chi connectivity index (χ3n) is 1.23. The van der Waals surface area contributed by atoms with Gasteiger partial charge in [-0.05, 0) is 20.8 Å². The van der Waals surface area contributed by atoms with Gasteiger partial charge in [-0.1, -0.05) is 0 Å². The number of esters is 1. The normalized spacial score (nSPS) is 12.2.